The second-order valence-corrected chi connectivity index (χ2v) is 5.01. The molecule has 0 saturated carbocycles. The van der Waals surface area contributed by atoms with Gasteiger partial charge in [-0.25, -0.2) is 9.59 Å². The Kier molecular flexibility index (Phi) is 6.44. The maximum atomic E-state index is 11.5. The van der Waals surface area contributed by atoms with Crippen LogP contribution in [0.4, 0.5) is 4.79 Å². The third-order valence-corrected chi connectivity index (χ3v) is 1.84. The number of hydrogen-bond acceptors (Lipinski definition) is 4. The zero-order valence-electron chi connectivity index (χ0n) is 12.0. The SMILES string of the molecule is CCOC(=O)/C(C)=C\[C@H](C)NC(=O)OC(C)(C)C. The van der Waals surface area contributed by atoms with Gasteiger partial charge in [-0.2, -0.15) is 0 Å². The highest BCUT2D eigenvalue weighted by atomic mass is 16.6. The van der Waals surface area contributed by atoms with Crippen molar-refractivity contribution in [3.05, 3.63) is 11.6 Å². The number of carbonyl (C=O) groups is 2. The molecule has 0 aromatic carbocycles. The summed E-state index contributed by atoms with van der Waals surface area (Å²) in [5, 5.41) is 2.62. The van der Waals surface area contributed by atoms with Gasteiger partial charge in [0.25, 0.3) is 0 Å². The Morgan fingerprint density at radius 3 is 2.33 bits per heavy atom. The predicted octanol–water partition coefficient (Wildman–Crippen LogP) is 2.41. The topological polar surface area (TPSA) is 64.6 Å². The smallest absolute Gasteiger partial charge is 0.408 e. The molecule has 1 atom stereocenters. The van der Waals surface area contributed by atoms with E-state index in [1.807, 2.05) is 0 Å². The number of ether oxygens (including phenoxy) is 2. The molecular formula is C13H23NO4. The predicted molar refractivity (Wildman–Crippen MR) is 69.2 cm³/mol. The van der Waals surface area contributed by atoms with Gasteiger partial charge in [0.1, 0.15) is 5.60 Å². The third-order valence-electron chi connectivity index (χ3n) is 1.84. The average molecular weight is 257 g/mol. The Labute approximate surface area is 109 Å². The van der Waals surface area contributed by atoms with Crippen molar-refractivity contribution in [3.8, 4) is 0 Å². The molecule has 0 aromatic heterocycles. The number of carbonyl (C=O) groups excluding carboxylic acids is 2. The molecule has 0 heterocycles. The minimum atomic E-state index is -0.538. The molecule has 0 aliphatic carbocycles. The van der Waals surface area contributed by atoms with E-state index in [2.05, 4.69) is 5.32 Å². The highest BCUT2D eigenvalue weighted by Crippen LogP contribution is 2.07. The van der Waals surface area contributed by atoms with Crippen LogP contribution in [0, 0.1) is 0 Å². The van der Waals surface area contributed by atoms with E-state index < -0.39 is 11.7 Å². The van der Waals surface area contributed by atoms with E-state index in [1.165, 1.54) is 0 Å². The van der Waals surface area contributed by atoms with E-state index in [0.29, 0.717) is 12.2 Å². The van der Waals surface area contributed by atoms with E-state index in [0.717, 1.165) is 0 Å². The van der Waals surface area contributed by atoms with E-state index in [4.69, 9.17) is 9.47 Å². The molecular weight excluding hydrogens is 234 g/mol. The molecule has 0 radical (unpaired) electrons. The van der Waals surface area contributed by atoms with Gasteiger partial charge in [0, 0.05) is 11.6 Å². The van der Waals surface area contributed by atoms with Crippen molar-refractivity contribution >= 4 is 12.1 Å². The van der Waals surface area contributed by atoms with Crippen LogP contribution in [0.3, 0.4) is 0 Å². The van der Waals surface area contributed by atoms with Crippen LogP contribution in [0.25, 0.3) is 0 Å². The number of hydrogen-bond donors (Lipinski definition) is 1. The van der Waals surface area contributed by atoms with Crippen molar-refractivity contribution in [2.45, 2.75) is 53.2 Å². The fourth-order valence-corrected chi connectivity index (χ4v) is 1.22. The monoisotopic (exact) mass is 257 g/mol. The molecule has 0 aliphatic rings. The van der Waals surface area contributed by atoms with Crippen molar-refractivity contribution in [1.29, 1.82) is 0 Å². The molecule has 0 aromatic rings. The van der Waals surface area contributed by atoms with Gasteiger partial charge < -0.3 is 14.8 Å². The second kappa shape index (κ2) is 7.03. The van der Waals surface area contributed by atoms with Crippen LogP contribution in [0.15, 0.2) is 11.6 Å². The van der Waals surface area contributed by atoms with Crippen molar-refractivity contribution in [2.24, 2.45) is 0 Å². The number of esters is 1. The standard InChI is InChI=1S/C13H23NO4/c1-7-17-11(15)9(2)8-10(3)14-12(16)18-13(4,5)6/h8,10H,7H2,1-6H3,(H,14,16)/b9-8-/t10-/m0/s1. The van der Waals surface area contributed by atoms with Crippen LogP contribution < -0.4 is 5.32 Å². The Balaban J connectivity index is 4.33. The highest BCUT2D eigenvalue weighted by molar-refractivity contribution is 5.87. The zero-order valence-corrected chi connectivity index (χ0v) is 12.0. The summed E-state index contributed by atoms with van der Waals surface area (Å²) < 4.78 is 9.94. The van der Waals surface area contributed by atoms with Crippen LogP contribution >= 0.6 is 0 Å². The van der Waals surface area contributed by atoms with Crippen LogP contribution in [0.1, 0.15) is 41.5 Å². The lowest BCUT2D eigenvalue weighted by Gasteiger charge is -2.21. The molecule has 0 saturated heterocycles. The van der Waals surface area contributed by atoms with E-state index in [9.17, 15) is 9.59 Å². The first-order valence-corrected chi connectivity index (χ1v) is 6.00. The van der Waals surface area contributed by atoms with Crippen molar-refractivity contribution in [2.75, 3.05) is 6.61 Å². The molecule has 1 N–H and O–H groups in total. The summed E-state index contributed by atoms with van der Waals surface area (Å²) in [4.78, 5) is 22.8. The third kappa shape index (κ3) is 7.70. The van der Waals surface area contributed by atoms with E-state index in [1.54, 1.807) is 47.6 Å². The minimum Gasteiger partial charge on any atom is -0.463 e. The molecule has 1 amide bonds. The Morgan fingerprint density at radius 1 is 1.33 bits per heavy atom. The summed E-state index contributed by atoms with van der Waals surface area (Å²) in [6.07, 6.45) is 1.12. The molecule has 18 heavy (non-hydrogen) atoms. The molecule has 0 fully saturated rings. The first-order chi connectivity index (χ1) is 8.15. The maximum Gasteiger partial charge on any atom is 0.408 e. The second-order valence-electron chi connectivity index (χ2n) is 5.01. The molecule has 0 spiro atoms. The summed E-state index contributed by atoms with van der Waals surface area (Å²) in [6.45, 7) is 10.8. The van der Waals surface area contributed by atoms with Crippen molar-refractivity contribution < 1.29 is 19.1 Å². The first-order valence-electron chi connectivity index (χ1n) is 6.00. The van der Waals surface area contributed by atoms with E-state index >= 15 is 0 Å². The molecule has 0 rings (SSSR count). The van der Waals surface area contributed by atoms with Gasteiger partial charge in [0.05, 0.1) is 6.61 Å². The van der Waals surface area contributed by atoms with Gasteiger partial charge in [-0.15, -0.1) is 0 Å². The summed E-state index contributed by atoms with van der Waals surface area (Å²) >= 11 is 0. The molecule has 5 nitrogen and oxygen atoms in total. The molecule has 0 aliphatic heterocycles. The lowest BCUT2D eigenvalue weighted by molar-refractivity contribution is -0.138. The van der Waals surface area contributed by atoms with Crippen molar-refractivity contribution in [3.63, 3.8) is 0 Å². The molecule has 5 heteroatoms. The van der Waals surface area contributed by atoms with Crippen molar-refractivity contribution in [1.82, 2.24) is 5.32 Å². The Hall–Kier alpha value is -1.52. The number of amides is 1. The summed E-state index contributed by atoms with van der Waals surface area (Å²) in [5.74, 6) is -0.379. The first kappa shape index (κ1) is 16.5. The normalized spacial score (nSPS) is 13.8. The van der Waals surface area contributed by atoms with Gasteiger partial charge in [0.2, 0.25) is 0 Å². The van der Waals surface area contributed by atoms with Gasteiger partial charge >= 0.3 is 12.1 Å². The average Bonchev–Trinajstić information content (AvgIpc) is 2.13. The fourth-order valence-electron chi connectivity index (χ4n) is 1.22. The Morgan fingerprint density at radius 2 is 1.89 bits per heavy atom. The quantitative estimate of drug-likeness (QED) is 0.620. The molecule has 0 bridgehead atoms. The Bertz CT molecular complexity index is 328. The number of nitrogens with one attached hydrogen (secondary N) is 1. The van der Waals surface area contributed by atoms with E-state index in [-0.39, 0.29) is 12.0 Å². The van der Waals surface area contributed by atoms with Crippen LogP contribution in [0.2, 0.25) is 0 Å². The number of rotatable bonds is 4. The van der Waals surface area contributed by atoms with Crippen LogP contribution in [-0.4, -0.2) is 30.3 Å². The van der Waals surface area contributed by atoms with Gasteiger partial charge in [0.15, 0.2) is 0 Å². The maximum absolute atomic E-state index is 11.5. The van der Waals surface area contributed by atoms with Gasteiger partial charge in [-0.3, -0.25) is 0 Å². The lowest BCUT2D eigenvalue weighted by atomic mass is 10.2. The van der Waals surface area contributed by atoms with Crippen LogP contribution in [-0.2, 0) is 14.3 Å². The highest BCUT2D eigenvalue weighted by Gasteiger charge is 2.17. The minimum absolute atomic E-state index is 0.302. The van der Waals surface area contributed by atoms with Gasteiger partial charge in [-0.1, -0.05) is 6.08 Å². The summed E-state index contributed by atoms with van der Waals surface area (Å²) in [7, 11) is 0. The molecule has 104 valence electrons. The summed E-state index contributed by atoms with van der Waals surface area (Å²) in [6, 6.07) is -0.302. The molecule has 0 unspecified atom stereocenters. The number of alkyl carbamates (subject to hydrolysis) is 1. The van der Waals surface area contributed by atoms with Crippen LogP contribution in [0.5, 0.6) is 0 Å². The fraction of sp³-hybridized carbons (Fsp3) is 0.692. The lowest BCUT2D eigenvalue weighted by Crippen LogP contribution is -2.37. The largest absolute Gasteiger partial charge is 0.463 e. The summed E-state index contributed by atoms with van der Waals surface area (Å²) in [5.41, 5.74) is -0.0793. The van der Waals surface area contributed by atoms with Gasteiger partial charge in [-0.05, 0) is 41.5 Å². The zero-order chi connectivity index (χ0) is 14.3.